The topological polar surface area (TPSA) is 63.4 Å². The number of hydrogen-bond donors (Lipinski definition) is 1. The molecule has 0 amide bonds. The molecule has 2 rings (SSSR count). The van der Waals surface area contributed by atoms with E-state index in [0.717, 1.165) is 0 Å². The van der Waals surface area contributed by atoms with E-state index in [-0.39, 0.29) is 15.7 Å². The van der Waals surface area contributed by atoms with Crippen molar-refractivity contribution >= 4 is 28.9 Å². The van der Waals surface area contributed by atoms with Crippen LogP contribution < -0.4 is 0 Å². The third-order valence-corrected chi connectivity index (χ3v) is 2.69. The minimum Gasteiger partial charge on any atom is -0.508 e. The van der Waals surface area contributed by atoms with Crippen molar-refractivity contribution in [1.29, 1.82) is 0 Å². The van der Waals surface area contributed by atoms with Crippen LogP contribution in [0.5, 0.6) is 5.75 Å². The number of benzene rings is 2. The summed E-state index contributed by atoms with van der Waals surface area (Å²) in [6.07, 6.45) is 0. The molecule has 0 aromatic heterocycles. The van der Waals surface area contributed by atoms with E-state index in [2.05, 4.69) is 0 Å². The predicted octanol–water partition coefficient (Wildman–Crippen LogP) is 4.29. The zero-order valence-electron chi connectivity index (χ0n) is 9.09. The van der Waals surface area contributed by atoms with E-state index in [1.165, 1.54) is 18.2 Å². The van der Waals surface area contributed by atoms with E-state index in [4.69, 9.17) is 28.3 Å². The van der Waals surface area contributed by atoms with Crippen LogP contribution in [0.3, 0.4) is 0 Å². The molecule has 0 aliphatic rings. The van der Waals surface area contributed by atoms with Gasteiger partial charge in [-0.15, -0.1) is 0 Å². The van der Waals surface area contributed by atoms with Crippen molar-refractivity contribution in [3.8, 4) is 5.75 Å². The fourth-order valence-corrected chi connectivity index (χ4v) is 1.43. The Kier molecular flexibility index (Phi) is 5.42. The summed E-state index contributed by atoms with van der Waals surface area (Å²) in [5.41, 5.74) is -0.167. The highest BCUT2D eigenvalue weighted by atomic mass is 35.5. The van der Waals surface area contributed by atoms with Gasteiger partial charge in [-0.25, -0.2) is 0 Å². The Morgan fingerprint density at radius 3 is 2.00 bits per heavy atom. The molecule has 94 valence electrons. The molecule has 0 heterocycles. The van der Waals surface area contributed by atoms with E-state index >= 15 is 0 Å². The Labute approximate surface area is 114 Å². The highest BCUT2D eigenvalue weighted by Crippen LogP contribution is 2.30. The summed E-state index contributed by atoms with van der Waals surface area (Å²) >= 11 is 11.0. The number of halogens is 2. The van der Waals surface area contributed by atoms with Gasteiger partial charge >= 0.3 is 0 Å². The zero-order valence-corrected chi connectivity index (χ0v) is 10.6. The van der Waals surface area contributed by atoms with E-state index in [1.54, 1.807) is 24.3 Å². The van der Waals surface area contributed by atoms with Crippen LogP contribution >= 0.6 is 23.2 Å². The van der Waals surface area contributed by atoms with Gasteiger partial charge in [0.2, 0.25) is 0 Å². The lowest BCUT2D eigenvalue weighted by atomic mass is 10.3. The van der Waals surface area contributed by atoms with Crippen molar-refractivity contribution in [2.75, 3.05) is 0 Å². The minimum atomic E-state index is -0.575. The molecule has 0 fully saturated rings. The first-order chi connectivity index (χ1) is 8.52. The number of rotatable bonds is 1. The van der Waals surface area contributed by atoms with Gasteiger partial charge in [-0.2, -0.15) is 0 Å². The Hall–Kier alpha value is -1.78. The molecule has 18 heavy (non-hydrogen) atoms. The van der Waals surface area contributed by atoms with Gasteiger partial charge in [-0.1, -0.05) is 47.5 Å². The van der Waals surface area contributed by atoms with Gasteiger partial charge in [0.15, 0.2) is 0 Å². The van der Waals surface area contributed by atoms with Crippen LogP contribution in [0.25, 0.3) is 0 Å². The third kappa shape index (κ3) is 4.24. The van der Waals surface area contributed by atoms with E-state index in [1.807, 2.05) is 6.07 Å². The smallest absolute Gasteiger partial charge is 0.289 e. The number of nitro benzene ring substituents is 1. The van der Waals surface area contributed by atoms with Gasteiger partial charge in [0.05, 0.1) is 9.95 Å². The number of nitro groups is 1. The fraction of sp³-hybridized carbons (Fsp3) is 0. The predicted molar refractivity (Wildman–Crippen MR) is 71.2 cm³/mol. The van der Waals surface area contributed by atoms with E-state index in [0.29, 0.717) is 5.75 Å². The maximum Gasteiger partial charge on any atom is 0.289 e. The van der Waals surface area contributed by atoms with Gasteiger partial charge in [0.25, 0.3) is 5.69 Å². The van der Waals surface area contributed by atoms with Gasteiger partial charge in [-0.05, 0) is 18.2 Å². The number of para-hydroxylation sites is 1. The Morgan fingerprint density at radius 2 is 1.61 bits per heavy atom. The summed E-state index contributed by atoms with van der Waals surface area (Å²) in [7, 11) is 0. The summed E-state index contributed by atoms with van der Waals surface area (Å²) in [5, 5.41) is 19.0. The molecule has 4 nitrogen and oxygen atoms in total. The minimum absolute atomic E-state index is 0.0147. The molecule has 1 N–H and O–H groups in total. The number of nitrogens with zero attached hydrogens (tertiary/aromatic N) is 1. The first-order valence-corrected chi connectivity index (χ1v) is 5.60. The van der Waals surface area contributed by atoms with Crippen molar-refractivity contribution < 1.29 is 10.0 Å². The molecular formula is C12H9Cl2NO3. The van der Waals surface area contributed by atoms with Gasteiger partial charge in [-0.3, -0.25) is 10.1 Å². The monoisotopic (exact) mass is 285 g/mol. The number of phenolic OH excluding ortho intramolecular Hbond substituents is 1. The highest BCUT2D eigenvalue weighted by molar-refractivity contribution is 6.43. The SMILES string of the molecule is O=[N+]([O-])c1cccc(Cl)c1Cl.Oc1ccccc1. The fourth-order valence-electron chi connectivity index (χ4n) is 1.06. The van der Waals surface area contributed by atoms with Crippen LogP contribution in [0.15, 0.2) is 48.5 Å². The lowest BCUT2D eigenvalue weighted by molar-refractivity contribution is -0.384. The summed E-state index contributed by atoms with van der Waals surface area (Å²) < 4.78 is 0. The van der Waals surface area contributed by atoms with Crippen molar-refractivity contribution in [2.45, 2.75) is 0 Å². The summed E-state index contributed by atoms with van der Waals surface area (Å²) in [4.78, 5) is 9.66. The molecule has 0 aliphatic heterocycles. The van der Waals surface area contributed by atoms with Gasteiger partial charge in [0, 0.05) is 6.07 Å². The molecule has 0 unspecified atom stereocenters. The van der Waals surface area contributed by atoms with Gasteiger partial charge in [0.1, 0.15) is 10.8 Å². The largest absolute Gasteiger partial charge is 0.508 e. The molecule has 0 atom stereocenters. The Bertz CT molecular complexity index is 532. The maximum atomic E-state index is 10.2. The quantitative estimate of drug-likeness (QED) is 0.628. The second-order valence-electron chi connectivity index (χ2n) is 3.17. The van der Waals surface area contributed by atoms with E-state index in [9.17, 15) is 10.1 Å². The second kappa shape index (κ2) is 6.83. The van der Waals surface area contributed by atoms with Crippen molar-refractivity contribution in [3.05, 3.63) is 68.7 Å². The molecule has 0 saturated heterocycles. The van der Waals surface area contributed by atoms with Crippen molar-refractivity contribution in [1.82, 2.24) is 0 Å². The maximum absolute atomic E-state index is 10.2. The average Bonchev–Trinajstić information content (AvgIpc) is 2.34. The van der Waals surface area contributed by atoms with Crippen LogP contribution in [0.2, 0.25) is 10.0 Å². The number of hydrogen-bond acceptors (Lipinski definition) is 3. The molecule has 0 aliphatic carbocycles. The normalized spacial score (nSPS) is 9.22. The Morgan fingerprint density at radius 1 is 1.00 bits per heavy atom. The lowest BCUT2D eigenvalue weighted by Gasteiger charge is -1.94. The molecular weight excluding hydrogens is 277 g/mol. The molecule has 0 saturated carbocycles. The standard InChI is InChI=1S/C6H3Cl2NO2.C6H6O/c7-4-2-1-3-5(6(4)8)9(10)11;7-6-4-2-1-3-5-6/h1-3H;1-5,7H. The summed E-state index contributed by atoms with van der Waals surface area (Å²) in [6, 6.07) is 13.0. The number of aromatic hydroxyl groups is 1. The highest BCUT2D eigenvalue weighted by Gasteiger charge is 2.13. The van der Waals surface area contributed by atoms with E-state index < -0.39 is 4.92 Å². The average molecular weight is 286 g/mol. The van der Waals surface area contributed by atoms with Crippen LogP contribution in [0, 0.1) is 10.1 Å². The van der Waals surface area contributed by atoms with Crippen LogP contribution in [-0.4, -0.2) is 10.0 Å². The molecule has 0 bridgehead atoms. The second-order valence-corrected chi connectivity index (χ2v) is 3.95. The zero-order chi connectivity index (χ0) is 13.5. The van der Waals surface area contributed by atoms with Crippen molar-refractivity contribution in [2.24, 2.45) is 0 Å². The molecule has 2 aromatic rings. The third-order valence-electron chi connectivity index (χ3n) is 1.88. The van der Waals surface area contributed by atoms with Crippen LogP contribution in [0.1, 0.15) is 0 Å². The first kappa shape index (κ1) is 14.3. The van der Waals surface area contributed by atoms with Crippen LogP contribution in [0.4, 0.5) is 5.69 Å². The molecule has 2 aromatic carbocycles. The molecule has 0 spiro atoms. The molecule has 6 heteroatoms. The van der Waals surface area contributed by atoms with Crippen molar-refractivity contribution in [3.63, 3.8) is 0 Å². The molecule has 0 radical (unpaired) electrons. The van der Waals surface area contributed by atoms with Crippen LogP contribution in [-0.2, 0) is 0 Å². The Balaban J connectivity index is 0.000000199. The first-order valence-electron chi connectivity index (χ1n) is 4.85. The summed E-state index contributed by atoms with van der Waals surface area (Å²) in [5.74, 6) is 0.322. The number of phenols is 1. The summed E-state index contributed by atoms with van der Waals surface area (Å²) in [6.45, 7) is 0. The van der Waals surface area contributed by atoms with Gasteiger partial charge < -0.3 is 5.11 Å². The lowest BCUT2D eigenvalue weighted by Crippen LogP contribution is -1.88.